The lowest BCUT2D eigenvalue weighted by Crippen LogP contribution is -2.31. The second kappa shape index (κ2) is 22.4. The van der Waals surface area contributed by atoms with Crippen molar-refractivity contribution in [3.05, 3.63) is 88.0 Å². The molecule has 4 N–H and O–H groups in total. The van der Waals surface area contributed by atoms with E-state index in [1.165, 1.54) is 5.56 Å². The van der Waals surface area contributed by atoms with Gasteiger partial charge in [-0.25, -0.2) is 4.79 Å². The van der Waals surface area contributed by atoms with Crippen LogP contribution in [0, 0.1) is 22.0 Å². The number of ether oxygens (including phenoxy) is 2. The van der Waals surface area contributed by atoms with Gasteiger partial charge >= 0.3 is 11.9 Å². The van der Waals surface area contributed by atoms with Crippen LogP contribution >= 0.6 is 0 Å². The predicted molar refractivity (Wildman–Crippen MR) is 183 cm³/mol. The van der Waals surface area contributed by atoms with Crippen LogP contribution in [0.3, 0.4) is 0 Å². The summed E-state index contributed by atoms with van der Waals surface area (Å²) in [4.78, 5) is 50.3. The fourth-order valence-corrected chi connectivity index (χ4v) is 6.03. The van der Waals surface area contributed by atoms with Gasteiger partial charge in [-0.2, -0.15) is 0 Å². The van der Waals surface area contributed by atoms with E-state index >= 15 is 0 Å². The zero-order valence-electron chi connectivity index (χ0n) is 28.4. The number of amides is 1. The third-order valence-corrected chi connectivity index (χ3v) is 8.77. The number of esters is 2. The minimum Gasteiger partial charge on any atom is -0.465 e. The molecule has 0 bridgehead atoms. The molecule has 13 nitrogen and oxygen atoms in total. The molecule has 274 valence electrons. The second-order valence-electron chi connectivity index (χ2n) is 12.6. The first-order valence-corrected chi connectivity index (χ1v) is 17.3. The second-order valence-corrected chi connectivity index (χ2v) is 12.6. The lowest BCUT2D eigenvalue weighted by Gasteiger charge is -2.23. The number of aliphatic hydroxyl groups is 3. The van der Waals surface area contributed by atoms with E-state index in [0.717, 1.165) is 12.0 Å². The first-order valence-electron chi connectivity index (χ1n) is 17.3. The van der Waals surface area contributed by atoms with E-state index in [0.29, 0.717) is 57.1 Å². The van der Waals surface area contributed by atoms with E-state index in [4.69, 9.17) is 9.47 Å². The van der Waals surface area contributed by atoms with Crippen LogP contribution in [0.4, 0.5) is 0 Å². The van der Waals surface area contributed by atoms with Gasteiger partial charge in [0, 0.05) is 19.3 Å². The molecule has 2 aromatic carbocycles. The van der Waals surface area contributed by atoms with Gasteiger partial charge < -0.3 is 34.9 Å². The topological polar surface area (TPSA) is 195 Å². The highest BCUT2D eigenvalue weighted by Gasteiger charge is 2.40. The maximum absolute atomic E-state index is 12.2. The summed E-state index contributed by atoms with van der Waals surface area (Å²) >= 11 is 0. The van der Waals surface area contributed by atoms with E-state index in [9.17, 15) is 39.8 Å². The van der Waals surface area contributed by atoms with Gasteiger partial charge in [-0.1, -0.05) is 54.6 Å². The molecule has 1 aliphatic carbocycles. The van der Waals surface area contributed by atoms with E-state index in [2.05, 4.69) is 10.2 Å². The van der Waals surface area contributed by atoms with Crippen LogP contribution in [0.25, 0.3) is 0 Å². The fraction of sp³-hybridized carbons (Fsp3) is 0.541. The van der Waals surface area contributed by atoms with Crippen LogP contribution in [0.1, 0.15) is 75.3 Å². The Balaban J connectivity index is 1.24. The highest BCUT2D eigenvalue weighted by molar-refractivity contribution is 5.82. The number of nitrogens with zero attached hydrogens (tertiary/aromatic N) is 1. The van der Waals surface area contributed by atoms with Gasteiger partial charge in [0.1, 0.15) is 12.3 Å². The van der Waals surface area contributed by atoms with Crippen LogP contribution in [-0.4, -0.2) is 76.3 Å². The molecule has 0 aliphatic heterocycles. The molecule has 0 spiro atoms. The average Bonchev–Trinajstić information content (AvgIpc) is 3.37. The predicted octanol–water partition coefficient (Wildman–Crippen LogP) is 4.03. The van der Waals surface area contributed by atoms with Crippen molar-refractivity contribution in [2.45, 2.75) is 95.4 Å². The molecule has 1 amide bonds. The Morgan fingerprint density at radius 2 is 1.60 bits per heavy atom. The van der Waals surface area contributed by atoms with Crippen LogP contribution in [0.2, 0.25) is 0 Å². The van der Waals surface area contributed by atoms with Crippen molar-refractivity contribution in [2.24, 2.45) is 11.8 Å². The van der Waals surface area contributed by atoms with Gasteiger partial charge in [0.2, 0.25) is 5.91 Å². The number of hydrogen-bond acceptors (Lipinski definition) is 11. The minimum atomic E-state index is -0.913. The molecule has 1 fully saturated rings. The lowest BCUT2D eigenvalue weighted by atomic mass is 9.85. The molecule has 13 heteroatoms. The molecule has 3 rings (SSSR count). The number of aliphatic hydroxyl groups excluding tert-OH is 3. The molecule has 5 atom stereocenters. The van der Waals surface area contributed by atoms with Crippen LogP contribution < -0.4 is 10.1 Å². The Kier molecular flexibility index (Phi) is 18.0. The number of hydrogen-bond donors (Lipinski definition) is 4. The highest BCUT2D eigenvalue weighted by Crippen LogP contribution is 2.38. The van der Waals surface area contributed by atoms with Gasteiger partial charge in [0.05, 0.1) is 31.5 Å². The van der Waals surface area contributed by atoms with Gasteiger partial charge in [0.15, 0.2) is 0 Å². The van der Waals surface area contributed by atoms with Gasteiger partial charge in [-0.15, -0.1) is 10.1 Å². The molecule has 1 aliphatic rings. The van der Waals surface area contributed by atoms with Crippen LogP contribution in [0.5, 0.6) is 5.75 Å². The van der Waals surface area contributed by atoms with Gasteiger partial charge in [-0.3, -0.25) is 9.59 Å². The molecule has 50 heavy (non-hydrogen) atoms. The minimum absolute atomic E-state index is 0.0137. The summed E-state index contributed by atoms with van der Waals surface area (Å²) < 4.78 is 10.4. The van der Waals surface area contributed by atoms with Crippen molar-refractivity contribution < 1.29 is 49.1 Å². The van der Waals surface area contributed by atoms with Crippen molar-refractivity contribution in [3.8, 4) is 5.75 Å². The fourth-order valence-electron chi connectivity index (χ4n) is 6.03. The highest BCUT2D eigenvalue weighted by atomic mass is 16.9. The average molecular weight is 699 g/mol. The smallest absolute Gasteiger partial charge is 0.330 e. The third kappa shape index (κ3) is 15.9. The molecule has 0 unspecified atom stereocenters. The maximum Gasteiger partial charge on any atom is 0.330 e. The molecule has 0 saturated heterocycles. The normalized spacial score (nSPS) is 19.2. The Morgan fingerprint density at radius 3 is 2.34 bits per heavy atom. The number of carbonyl (C=O) groups excluding carboxylic acids is 3. The Hall–Kier alpha value is -4.33. The number of unbranched alkanes of at least 4 members (excludes halogenated alkanes) is 1. The molecule has 2 aromatic rings. The van der Waals surface area contributed by atoms with Crippen molar-refractivity contribution in [3.63, 3.8) is 0 Å². The number of allylic oxidation sites excluding steroid dienone is 2. The zero-order valence-corrected chi connectivity index (χ0v) is 28.4. The Labute approximate surface area is 292 Å². The van der Waals surface area contributed by atoms with Crippen LogP contribution in [-0.2, 0) is 36.8 Å². The lowest BCUT2D eigenvalue weighted by molar-refractivity contribution is -0.757. The third-order valence-electron chi connectivity index (χ3n) is 8.77. The first kappa shape index (κ1) is 40.1. The first-order chi connectivity index (χ1) is 24.1. The zero-order chi connectivity index (χ0) is 36.1. The number of aryl methyl sites for hydroxylation is 1. The Bertz CT molecular complexity index is 1350. The van der Waals surface area contributed by atoms with E-state index < -0.39 is 35.3 Å². The number of carbonyl (C=O) groups is 3. The summed E-state index contributed by atoms with van der Waals surface area (Å²) in [5, 5.41) is 43.3. The van der Waals surface area contributed by atoms with Crippen molar-refractivity contribution >= 4 is 17.8 Å². The largest absolute Gasteiger partial charge is 0.465 e. The van der Waals surface area contributed by atoms with Crippen LogP contribution in [0.15, 0.2) is 66.7 Å². The molecule has 1 saturated carbocycles. The van der Waals surface area contributed by atoms with Crippen molar-refractivity contribution in [1.29, 1.82) is 0 Å². The van der Waals surface area contributed by atoms with Gasteiger partial charge in [0.25, 0.3) is 5.09 Å². The molecule has 0 aromatic heterocycles. The summed E-state index contributed by atoms with van der Waals surface area (Å²) in [6.07, 6.45) is 8.04. The summed E-state index contributed by atoms with van der Waals surface area (Å²) in [7, 11) is 0. The van der Waals surface area contributed by atoms with Crippen molar-refractivity contribution in [1.82, 2.24) is 5.32 Å². The molecular formula is C37H50N2O11. The summed E-state index contributed by atoms with van der Waals surface area (Å²) in [5.74, 6) is -1.22. The SMILES string of the molecule is O=C(CCC/C=C\C[C@@H]1[C@@H](CC[C@@H](O)CCc2ccccc2)[C@H](O)C[C@@H]1O)NCC(=O)Oc1ccc(CCOC(=O)CCCO[N+](=O)[O-])cc1. The standard InChI is InChI=1S/C37H50N2O11/c40-29(17-14-27-9-4-3-5-10-27)18-21-32-31(33(41)25-34(32)42)11-6-1-2-7-12-35(43)38-26-37(45)50-30-19-15-28(16-20-30)22-24-48-36(44)13-8-23-49-39(46)47/h1,3-6,9-10,15-16,19-20,29,31-34,40-42H,2,7-8,11-14,17-18,21-26H2,(H,38,43)/b6-1-/t29-,31+,32+,33-,34+/m0/s1. The van der Waals surface area contributed by atoms with E-state index in [1.807, 2.05) is 42.5 Å². The molecular weight excluding hydrogens is 648 g/mol. The maximum atomic E-state index is 12.2. The summed E-state index contributed by atoms with van der Waals surface area (Å²) in [5.41, 5.74) is 2.03. The van der Waals surface area contributed by atoms with E-state index in [-0.39, 0.29) is 56.8 Å². The molecule has 0 heterocycles. The number of rotatable bonds is 23. The monoisotopic (exact) mass is 698 g/mol. The summed E-state index contributed by atoms with van der Waals surface area (Å²) in [6.45, 7) is -0.314. The molecule has 0 radical (unpaired) electrons. The van der Waals surface area contributed by atoms with E-state index in [1.54, 1.807) is 24.3 Å². The quantitative estimate of drug-likeness (QED) is 0.0327. The van der Waals surface area contributed by atoms with Crippen molar-refractivity contribution in [2.75, 3.05) is 19.8 Å². The number of nitrogens with one attached hydrogen (secondary N) is 1. The summed E-state index contributed by atoms with van der Waals surface area (Å²) in [6, 6.07) is 16.7. The number of benzene rings is 2. The van der Waals surface area contributed by atoms with Gasteiger partial charge in [-0.05, 0) is 92.9 Å². The Morgan fingerprint density at radius 1 is 0.880 bits per heavy atom.